The van der Waals surface area contributed by atoms with Gasteiger partial charge in [-0.3, -0.25) is 4.90 Å². The molecule has 1 aliphatic heterocycles. The van der Waals surface area contributed by atoms with Crippen LogP contribution >= 0.6 is 0 Å². The summed E-state index contributed by atoms with van der Waals surface area (Å²) in [6, 6.07) is 4.33. The minimum atomic E-state index is -4.81. The number of rotatable bonds is 4. The maximum Gasteiger partial charge on any atom is 0.573 e. The molecule has 7 heteroatoms. The summed E-state index contributed by atoms with van der Waals surface area (Å²) >= 11 is 0. The number of phenolic OH excluding ortho intramolecular Hbond substituents is 1. The lowest BCUT2D eigenvalue weighted by atomic mass is 9.76. The number of hydrogen-bond acceptors (Lipinski definition) is 4. The third kappa shape index (κ3) is 3.72. The van der Waals surface area contributed by atoms with Gasteiger partial charge in [-0.25, -0.2) is 0 Å². The Kier molecular flexibility index (Phi) is 4.68. The van der Waals surface area contributed by atoms with E-state index in [1.54, 1.807) is 6.07 Å². The first-order valence-electron chi connectivity index (χ1n) is 7.98. The maximum atomic E-state index is 12.5. The van der Waals surface area contributed by atoms with Crippen molar-refractivity contribution >= 4 is 0 Å². The summed E-state index contributed by atoms with van der Waals surface area (Å²) in [6.45, 7) is 3.35. The van der Waals surface area contributed by atoms with Crippen LogP contribution in [0.1, 0.15) is 30.9 Å². The van der Waals surface area contributed by atoms with E-state index in [9.17, 15) is 18.3 Å². The summed E-state index contributed by atoms with van der Waals surface area (Å²) in [4.78, 5) is 2.26. The second kappa shape index (κ2) is 6.57. The first kappa shape index (κ1) is 16.4. The molecule has 1 aliphatic carbocycles. The molecular formula is C16H21F3N2O2. The monoisotopic (exact) mass is 330 g/mol. The second-order valence-corrected chi connectivity index (χ2v) is 6.16. The molecule has 4 nitrogen and oxygen atoms in total. The molecule has 0 bridgehead atoms. The molecule has 2 N–H and O–H groups in total. The lowest BCUT2D eigenvalue weighted by Gasteiger charge is -2.43. The fourth-order valence-corrected chi connectivity index (χ4v) is 3.45. The highest BCUT2D eigenvalue weighted by Gasteiger charge is 2.37. The molecule has 1 saturated carbocycles. The Morgan fingerprint density at radius 2 is 1.91 bits per heavy atom. The summed E-state index contributed by atoms with van der Waals surface area (Å²) in [5.41, 5.74) is 0.540. The van der Waals surface area contributed by atoms with Gasteiger partial charge in [0.1, 0.15) is 0 Å². The Hall–Kier alpha value is -1.47. The standard InChI is InChI=1S/C16H21F3N2O2/c17-16(18,19)23-13-6-2-5-12(15(13)22)14(11-3-1-4-11)21-9-7-20-8-10-21/h2,5-6,11,14,20,22H,1,3-4,7-10H2/t14-/m0/s1. The van der Waals surface area contributed by atoms with Crippen molar-refractivity contribution in [3.05, 3.63) is 23.8 Å². The van der Waals surface area contributed by atoms with E-state index >= 15 is 0 Å². The smallest absolute Gasteiger partial charge is 0.504 e. The van der Waals surface area contributed by atoms with E-state index in [1.807, 2.05) is 0 Å². The van der Waals surface area contributed by atoms with E-state index in [-0.39, 0.29) is 11.8 Å². The predicted molar refractivity (Wildman–Crippen MR) is 79.3 cm³/mol. The van der Waals surface area contributed by atoms with Gasteiger partial charge in [-0.05, 0) is 24.8 Å². The van der Waals surface area contributed by atoms with Crippen LogP contribution in [0.2, 0.25) is 0 Å². The number of aromatic hydroxyl groups is 1. The lowest BCUT2D eigenvalue weighted by Crippen LogP contribution is -2.47. The van der Waals surface area contributed by atoms with Gasteiger partial charge < -0.3 is 15.2 Å². The zero-order valence-electron chi connectivity index (χ0n) is 12.8. The Balaban J connectivity index is 1.90. The van der Waals surface area contributed by atoms with Crippen LogP contribution in [-0.4, -0.2) is 42.5 Å². The van der Waals surface area contributed by atoms with Crippen LogP contribution in [-0.2, 0) is 0 Å². The number of nitrogens with zero attached hydrogens (tertiary/aromatic N) is 1. The van der Waals surface area contributed by atoms with Crippen LogP contribution in [0.15, 0.2) is 18.2 Å². The van der Waals surface area contributed by atoms with Crippen molar-refractivity contribution in [3.63, 3.8) is 0 Å². The molecule has 0 unspecified atom stereocenters. The summed E-state index contributed by atoms with van der Waals surface area (Å²) in [6.07, 6.45) is -1.60. The topological polar surface area (TPSA) is 44.7 Å². The summed E-state index contributed by atoms with van der Waals surface area (Å²) < 4.78 is 41.4. The molecule has 2 fully saturated rings. The van der Waals surface area contributed by atoms with E-state index in [1.165, 1.54) is 6.07 Å². The zero-order chi connectivity index (χ0) is 16.4. The number of phenols is 1. The number of piperazine rings is 1. The first-order chi connectivity index (χ1) is 11.0. The number of ether oxygens (including phenoxy) is 1. The predicted octanol–water partition coefficient (Wildman–Crippen LogP) is 3.04. The van der Waals surface area contributed by atoms with Gasteiger partial charge in [-0.15, -0.1) is 13.2 Å². The molecule has 1 aromatic carbocycles. The van der Waals surface area contributed by atoms with Crippen LogP contribution in [0.25, 0.3) is 0 Å². The number of para-hydroxylation sites is 1. The third-order valence-electron chi connectivity index (χ3n) is 4.72. The van der Waals surface area contributed by atoms with Gasteiger partial charge in [0, 0.05) is 37.8 Å². The fourth-order valence-electron chi connectivity index (χ4n) is 3.45. The van der Waals surface area contributed by atoms with Crippen LogP contribution in [0, 0.1) is 5.92 Å². The minimum Gasteiger partial charge on any atom is -0.504 e. The molecule has 1 atom stereocenters. The van der Waals surface area contributed by atoms with Crippen LogP contribution in [0.4, 0.5) is 13.2 Å². The summed E-state index contributed by atoms with van der Waals surface area (Å²) in [5.74, 6) is -0.533. The Labute approximate surface area is 133 Å². The van der Waals surface area contributed by atoms with Crippen molar-refractivity contribution in [2.45, 2.75) is 31.7 Å². The van der Waals surface area contributed by atoms with Crippen molar-refractivity contribution in [1.82, 2.24) is 10.2 Å². The number of alkyl halides is 3. The highest BCUT2D eigenvalue weighted by Crippen LogP contribution is 2.46. The Bertz CT molecular complexity index is 541. The van der Waals surface area contributed by atoms with Gasteiger partial charge in [0.15, 0.2) is 11.5 Å². The first-order valence-corrected chi connectivity index (χ1v) is 7.98. The van der Waals surface area contributed by atoms with Gasteiger partial charge in [-0.2, -0.15) is 0 Å². The van der Waals surface area contributed by atoms with Crippen molar-refractivity contribution < 1.29 is 23.0 Å². The molecule has 1 aromatic rings. The minimum absolute atomic E-state index is 0.0531. The molecule has 0 radical (unpaired) electrons. The third-order valence-corrected chi connectivity index (χ3v) is 4.72. The quantitative estimate of drug-likeness (QED) is 0.891. The summed E-state index contributed by atoms with van der Waals surface area (Å²) in [5, 5.41) is 13.6. The highest BCUT2D eigenvalue weighted by molar-refractivity contribution is 5.47. The average Bonchev–Trinajstić information content (AvgIpc) is 2.45. The van der Waals surface area contributed by atoms with E-state index < -0.39 is 12.1 Å². The molecule has 128 valence electrons. The van der Waals surface area contributed by atoms with Crippen molar-refractivity contribution in [1.29, 1.82) is 0 Å². The van der Waals surface area contributed by atoms with E-state index in [2.05, 4.69) is 15.0 Å². The average molecular weight is 330 g/mol. The fraction of sp³-hybridized carbons (Fsp3) is 0.625. The molecule has 0 amide bonds. The van der Waals surface area contributed by atoms with Gasteiger partial charge in [0.2, 0.25) is 0 Å². The molecule has 1 heterocycles. The van der Waals surface area contributed by atoms with Crippen molar-refractivity contribution in [2.24, 2.45) is 5.92 Å². The van der Waals surface area contributed by atoms with Crippen LogP contribution in [0.3, 0.4) is 0 Å². The second-order valence-electron chi connectivity index (χ2n) is 6.16. The molecule has 3 rings (SSSR count). The molecule has 2 aliphatic rings. The highest BCUT2D eigenvalue weighted by atomic mass is 19.4. The number of hydrogen-bond donors (Lipinski definition) is 2. The van der Waals surface area contributed by atoms with Gasteiger partial charge >= 0.3 is 6.36 Å². The largest absolute Gasteiger partial charge is 0.573 e. The lowest BCUT2D eigenvalue weighted by molar-refractivity contribution is -0.275. The van der Waals surface area contributed by atoms with Crippen LogP contribution < -0.4 is 10.1 Å². The Morgan fingerprint density at radius 3 is 2.48 bits per heavy atom. The molecule has 1 saturated heterocycles. The van der Waals surface area contributed by atoms with E-state index in [4.69, 9.17) is 0 Å². The van der Waals surface area contributed by atoms with Crippen molar-refractivity contribution in [2.75, 3.05) is 26.2 Å². The zero-order valence-corrected chi connectivity index (χ0v) is 12.8. The van der Waals surface area contributed by atoms with Crippen molar-refractivity contribution in [3.8, 4) is 11.5 Å². The molecule has 0 spiro atoms. The number of halogens is 3. The molecular weight excluding hydrogens is 309 g/mol. The maximum absolute atomic E-state index is 12.5. The molecule has 0 aromatic heterocycles. The number of benzene rings is 1. The van der Waals surface area contributed by atoms with E-state index in [0.717, 1.165) is 51.5 Å². The van der Waals surface area contributed by atoms with Gasteiger partial charge in [0.25, 0.3) is 0 Å². The van der Waals surface area contributed by atoms with E-state index in [0.29, 0.717) is 11.5 Å². The normalized spacial score (nSPS) is 21.7. The van der Waals surface area contributed by atoms with Gasteiger partial charge in [0.05, 0.1) is 0 Å². The SMILES string of the molecule is Oc1c(OC(F)(F)F)cccc1[C@H](C1CCC1)N1CCNCC1. The number of nitrogens with one attached hydrogen (secondary N) is 1. The summed E-state index contributed by atoms with van der Waals surface area (Å²) in [7, 11) is 0. The van der Waals surface area contributed by atoms with Gasteiger partial charge in [-0.1, -0.05) is 18.6 Å². The Morgan fingerprint density at radius 1 is 1.22 bits per heavy atom. The van der Waals surface area contributed by atoms with Crippen LogP contribution in [0.5, 0.6) is 11.5 Å². The molecule has 23 heavy (non-hydrogen) atoms.